The molecule has 2 aliphatic heterocycles. The highest BCUT2D eigenvalue weighted by atomic mass is 35.5. The number of anilines is 1. The predicted octanol–water partition coefficient (Wildman–Crippen LogP) is 2.54. The normalized spacial score (nSPS) is 18.8. The number of carbonyl (C=O) groups is 1. The lowest BCUT2D eigenvalue weighted by Gasteiger charge is -2.19. The standard InChI is InChI=1S/C17H25N3O.2ClH/c21-17(13-15-6-3-9-18-15)19-10-4-11-20-12-8-14-5-1-2-7-16(14)20;;/h1-2,5,7,15,18H,3-4,6,8-13H2,(H,19,21);2*1H. The third-order valence-electron chi connectivity index (χ3n) is 4.50. The second-order valence-corrected chi connectivity index (χ2v) is 6.07. The molecule has 3 rings (SSSR count). The molecule has 1 atom stereocenters. The molecule has 130 valence electrons. The molecule has 0 saturated carbocycles. The van der Waals surface area contributed by atoms with Crippen molar-refractivity contribution >= 4 is 36.4 Å². The van der Waals surface area contributed by atoms with Gasteiger partial charge in [0.05, 0.1) is 0 Å². The molecular formula is C17H27Cl2N3O. The zero-order valence-electron chi connectivity index (χ0n) is 13.4. The van der Waals surface area contributed by atoms with E-state index < -0.39 is 0 Å². The fourth-order valence-electron chi connectivity index (χ4n) is 3.36. The van der Waals surface area contributed by atoms with Crippen LogP contribution >= 0.6 is 24.8 Å². The van der Waals surface area contributed by atoms with Gasteiger partial charge in [-0.2, -0.15) is 0 Å². The van der Waals surface area contributed by atoms with Crippen LogP contribution in [0.25, 0.3) is 0 Å². The first-order chi connectivity index (χ1) is 10.3. The van der Waals surface area contributed by atoms with Crippen molar-refractivity contribution in [3.63, 3.8) is 0 Å². The number of nitrogens with zero attached hydrogens (tertiary/aromatic N) is 1. The maximum atomic E-state index is 11.8. The average molecular weight is 360 g/mol. The Morgan fingerprint density at radius 2 is 2.13 bits per heavy atom. The maximum absolute atomic E-state index is 11.8. The SMILES string of the molecule is Cl.Cl.O=C(CC1CCCN1)NCCCN1CCc2ccccc21. The van der Waals surface area contributed by atoms with Gasteiger partial charge in [-0.25, -0.2) is 0 Å². The molecule has 1 aromatic carbocycles. The Morgan fingerprint density at radius 3 is 2.91 bits per heavy atom. The summed E-state index contributed by atoms with van der Waals surface area (Å²) in [5.74, 6) is 0.191. The van der Waals surface area contributed by atoms with Crippen LogP contribution in [0, 0.1) is 0 Å². The van der Waals surface area contributed by atoms with E-state index in [1.165, 1.54) is 17.7 Å². The molecule has 4 nitrogen and oxygen atoms in total. The van der Waals surface area contributed by atoms with Gasteiger partial charge in [0.15, 0.2) is 0 Å². The number of rotatable bonds is 6. The van der Waals surface area contributed by atoms with E-state index in [0.717, 1.165) is 45.4 Å². The summed E-state index contributed by atoms with van der Waals surface area (Å²) < 4.78 is 0. The van der Waals surface area contributed by atoms with Crippen molar-refractivity contribution in [3.8, 4) is 0 Å². The van der Waals surface area contributed by atoms with Crippen molar-refractivity contribution in [2.24, 2.45) is 0 Å². The summed E-state index contributed by atoms with van der Waals surface area (Å²) in [5.41, 5.74) is 2.83. The summed E-state index contributed by atoms with van der Waals surface area (Å²) in [6, 6.07) is 9.03. The van der Waals surface area contributed by atoms with E-state index in [9.17, 15) is 4.79 Å². The summed E-state index contributed by atoms with van der Waals surface area (Å²) in [6.45, 7) is 3.98. The number of benzene rings is 1. The molecule has 0 bridgehead atoms. The van der Waals surface area contributed by atoms with Crippen LogP contribution in [0.1, 0.15) is 31.2 Å². The first-order valence-electron chi connectivity index (χ1n) is 8.16. The van der Waals surface area contributed by atoms with Gasteiger partial charge in [-0.05, 0) is 43.9 Å². The fourth-order valence-corrected chi connectivity index (χ4v) is 3.36. The largest absolute Gasteiger partial charge is 0.371 e. The van der Waals surface area contributed by atoms with Crippen LogP contribution in [0.15, 0.2) is 24.3 Å². The maximum Gasteiger partial charge on any atom is 0.221 e. The number of nitrogens with one attached hydrogen (secondary N) is 2. The summed E-state index contributed by atoms with van der Waals surface area (Å²) >= 11 is 0. The Kier molecular flexibility index (Phi) is 8.74. The summed E-state index contributed by atoms with van der Waals surface area (Å²) in [5, 5.41) is 6.42. The highest BCUT2D eigenvalue weighted by Crippen LogP contribution is 2.27. The molecule has 1 unspecified atom stereocenters. The second kappa shape index (κ2) is 10.0. The third kappa shape index (κ3) is 5.55. The van der Waals surface area contributed by atoms with Crippen LogP contribution in [0.4, 0.5) is 5.69 Å². The van der Waals surface area contributed by atoms with Crippen LogP contribution in [0.3, 0.4) is 0 Å². The zero-order chi connectivity index (χ0) is 14.5. The molecular weight excluding hydrogens is 333 g/mol. The Labute approximate surface area is 151 Å². The van der Waals surface area contributed by atoms with Crippen LogP contribution in [-0.2, 0) is 11.2 Å². The Bertz CT molecular complexity index is 492. The fraction of sp³-hybridized carbons (Fsp3) is 0.588. The van der Waals surface area contributed by atoms with Crippen molar-refractivity contribution in [2.75, 3.05) is 31.1 Å². The molecule has 0 aromatic heterocycles. The van der Waals surface area contributed by atoms with Crippen LogP contribution in [0.2, 0.25) is 0 Å². The molecule has 2 N–H and O–H groups in total. The molecule has 2 aliphatic rings. The van der Waals surface area contributed by atoms with Crippen molar-refractivity contribution < 1.29 is 4.79 Å². The molecule has 1 saturated heterocycles. The summed E-state index contributed by atoms with van der Waals surface area (Å²) in [7, 11) is 0. The van der Waals surface area contributed by atoms with Gasteiger partial charge < -0.3 is 15.5 Å². The molecule has 6 heteroatoms. The third-order valence-corrected chi connectivity index (χ3v) is 4.50. The van der Waals surface area contributed by atoms with E-state index in [1.807, 2.05) is 0 Å². The molecule has 1 fully saturated rings. The van der Waals surface area contributed by atoms with Gasteiger partial charge in [0.1, 0.15) is 0 Å². The predicted molar refractivity (Wildman–Crippen MR) is 100 cm³/mol. The lowest BCUT2D eigenvalue weighted by molar-refractivity contribution is -0.121. The van der Waals surface area contributed by atoms with Crippen LogP contribution in [-0.4, -0.2) is 38.1 Å². The first-order valence-corrected chi connectivity index (χ1v) is 8.16. The van der Waals surface area contributed by atoms with E-state index in [4.69, 9.17) is 0 Å². The van der Waals surface area contributed by atoms with E-state index in [0.29, 0.717) is 12.5 Å². The molecule has 0 aliphatic carbocycles. The number of para-hydroxylation sites is 1. The molecule has 1 amide bonds. The van der Waals surface area contributed by atoms with Gasteiger partial charge in [-0.3, -0.25) is 4.79 Å². The summed E-state index contributed by atoms with van der Waals surface area (Å²) in [6.07, 6.45) is 5.13. The minimum Gasteiger partial charge on any atom is -0.371 e. The number of hydrogen-bond donors (Lipinski definition) is 2. The minimum absolute atomic E-state index is 0. The van der Waals surface area contributed by atoms with E-state index in [2.05, 4.69) is 39.8 Å². The van der Waals surface area contributed by atoms with Gasteiger partial charge >= 0.3 is 0 Å². The minimum atomic E-state index is 0. The lowest BCUT2D eigenvalue weighted by atomic mass is 10.1. The zero-order valence-corrected chi connectivity index (χ0v) is 15.1. The number of halogens is 2. The van der Waals surface area contributed by atoms with Gasteiger partial charge in [0.25, 0.3) is 0 Å². The van der Waals surface area contributed by atoms with Crippen molar-refractivity contribution in [2.45, 2.75) is 38.1 Å². The van der Waals surface area contributed by atoms with Gasteiger partial charge in [0.2, 0.25) is 5.91 Å². The van der Waals surface area contributed by atoms with Crippen LogP contribution < -0.4 is 15.5 Å². The van der Waals surface area contributed by atoms with E-state index in [1.54, 1.807) is 0 Å². The number of fused-ring (bicyclic) bond motifs is 1. The van der Waals surface area contributed by atoms with E-state index in [-0.39, 0.29) is 30.7 Å². The quantitative estimate of drug-likeness (QED) is 0.767. The number of amides is 1. The van der Waals surface area contributed by atoms with Crippen LogP contribution in [0.5, 0.6) is 0 Å². The Morgan fingerprint density at radius 1 is 1.30 bits per heavy atom. The molecule has 23 heavy (non-hydrogen) atoms. The van der Waals surface area contributed by atoms with Crippen molar-refractivity contribution in [3.05, 3.63) is 29.8 Å². The lowest BCUT2D eigenvalue weighted by Crippen LogP contribution is -2.33. The highest BCUT2D eigenvalue weighted by Gasteiger charge is 2.18. The number of hydrogen-bond acceptors (Lipinski definition) is 3. The Balaban J connectivity index is 0.00000132. The highest BCUT2D eigenvalue weighted by molar-refractivity contribution is 5.85. The molecule has 0 radical (unpaired) electrons. The first kappa shape index (κ1) is 20.1. The van der Waals surface area contributed by atoms with E-state index >= 15 is 0 Å². The smallest absolute Gasteiger partial charge is 0.221 e. The monoisotopic (exact) mass is 359 g/mol. The van der Waals surface area contributed by atoms with Gasteiger partial charge in [-0.15, -0.1) is 24.8 Å². The van der Waals surface area contributed by atoms with Crippen molar-refractivity contribution in [1.29, 1.82) is 0 Å². The average Bonchev–Trinajstić information content (AvgIpc) is 3.13. The van der Waals surface area contributed by atoms with Gasteiger partial charge in [0, 0.05) is 37.8 Å². The number of carbonyl (C=O) groups excluding carboxylic acids is 1. The Hall–Kier alpha value is -0.970. The van der Waals surface area contributed by atoms with Crippen molar-refractivity contribution in [1.82, 2.24) is 10.6 Å². The molecule has 2 heterocycles. The topological polar surface area (TPSA) is 44.4 Å². The summed E-state index contributed by atoms with van der Waals surface area (Å²) in [4.78, 5) is 14.3. The second-order valence-electron chi connectivity index (χ2n) is 6.07. The molecule has 0 spiro atoms. The van der Waals surface area contributed by atoms with Gasteiger partial charge in [-0.1, -0.05) is 18.2 Å². The molecule has 1 aromatic rings.